The molecule has 1 atom stereocenters. The van der Waals surface area contributed by atoms with Gasteiger partial charge in [-0.05, 0) is 60.2 Å². The Morgan fingerprint density at radius 3 is 2.43 bits per heavy atom. The minimum absolute atomic E-state index is 0.106. The minimum Gasteiger partial charge on any atom is -0.485 e. The number of carbonyl (C=O) groups is 1. The van der Waals surface area contributed by atoms with Crippen LogP contribution in [0.25, 0.3) is 0 Å². The van der Waals surface area contributed by atoms with E-state index in [0.717, 1.165) is 22.4 Å². The summed E-state index contributed by atoms with van der Waals surface area (Å²) in [6.45, 7) is 8.58. The molecule has 5 heteroatoms. The molecule has 0 saturated heterocycles. The average molecular weight is 408 g/mol. The maximum Gasteiger partial charge on any atom is 0.287 e. The van der Waals surface area contributed by atoms with Crippen LogP contribution in [-0.2, 0) is 6.61 Å². The molecule has 0 spiro atoms. The number of amides is 1. The van der Waals surface area contributed by atoms with Crippen LogP contribution >= 0.6 is 0 Å². The highest BCUT2D eigenvalue weighted by Crippen LogP contribution is 2.21. The number of furan rings is 1. The summed E-state index contributed by atoms with van der Waals surface area (Å²) in [4.78, 5) is 12.4. The predicted octanol–water partition coefficient (Wildman–Crippen LogP) is 5.06. The maximum absolute atomic E-state index is 12.4. The van der Waals surface area contributed by atoms with Gasteiger partial charge in [0.25, 0.3) is 5.91 Å². The second-order valence-corrected chi connectivity index (χ2v) is 7.87. The molecule has 0 aliphatic rings. The number of aliphatic hydroxyl groups excluding tert-OH is 1. The monoisotopic (exact) mass is 407 g/mol. The SMILES string of the molecule is Cc1ccc(C)c(OCc2ccc(C(=O)NCC(O)c3ccc(C(C)C)cc3)o2)c1. The van der Waals surface area contributed by atoms with E-state index in [1.807, 2.05) is 56.3 Å². The normalized spacial score (nSPS) is 12.1. The van der Waals surface area contributed by atoms with Gasteiger partial charge < -0.3 is 19.6 Å². The van der Waals surface area contributed by atoms with Gasteiger partial charge in [-0.3, -0.25) is 4.79 Å². The van der Waals surface area contributed by atoms with Gasteiger partial charge in [0.2, 0.25) is 0 Å². The van der Waals surface area contributed by atoms with Gasteiger partial charge in [-0.15, -0.1) is 0 Å². The second-order valence-electron chi connectivity index (χ2n) is 7.87. The molecule has 1 amide bonds. The molecule has 30 heavy (non-hydrogen) atoms. The van der Waals surface area contributed by atoms with Crippen LogP contribution in [0.3, 0.4) is 0 Å². The molecule has 1 heterocycles. The van der Waals surface area contributed by atoms with Crippen molar-refractivity contribution < 1.29 is 19.1 Å². The van der Waals surface area contributed by atoms with E-state index in [4.69, 9.17) is 9.15 Å². The van der Waals surface area contributed by atoms with Crippen LogP contribution in [0.2, 0.25) is 0 Å². The fourth-order valence-electron chi connectivity index (χ4n) is 3.09. The first kappa shape index (κ1) is 21.7. The maximum atomic E-state index is 12.4. The van der Waals surface area contributed by atoms with Crippen molar-refractivity contribution in [2.45, 2.75) is 46.3 Å². The number of rotatable bonds is 8. The molecule has 2 N–H and O–H groups in total. The van der Waals surface area contributed by atoms with Gasteiger partial charge in [0.05, 0.1) is 6.10 Å². The number of nitrogens with one attached hydrogen (secondary N) is 1. The van der Waals surface area contributed by atoms with Crippen LogP contribution < -0.4 is 10.1 Å². The van der Waals surface area contributed by atoms with Crippen LogP contribution in [0, 0.1) is 13.8 Å². The van der Waals surface area contributed by atoms with Gasteiger partial charge in [-0.2, -0.15) is 0 Å². The molecule has 158 valence electrons. The average Bonchev–Trinajstić information content (AvgIpc) is 3.21. The number of hydrogen-bond acceptors (Lipinski definition) is 4. The summed E-state index contributed by atoms with van der Waals surface area (Å²) in [5, 5.41) is 13.1. The summed E-state index contributed by atoms with van der Waals surface area (Å²) in [6.07, 6.45) is -0.780. The first-order valence-electron chi connectivity index (χ1n) is 10.2. The zero-order valence-corrected chi connectivity index (χ0v) is 17.9. The summed E-state index contributed by atoms with van der Waals surface area (Å²) >= 11 is 0. The van der Waals surface area contributed by atoms with Crippen LogP contribution in [0.1, 0.15) is 64.4 Å². The van der Waals surface area contributed by atoms with Crippen molar-refractivity contribution in [2.24, 2.45) is 0 Å². The molecule has 1 unspecified atom stereocenters. The highest BCUT2D eigenvalue weighted by atomic mass is 16.5. The van der Waals surface area contributed by atoms with E-state index in [9.17, 15) is 9.90 Å². The molecule has 0 radical (unpaired) electrons. The second kappa shape index (κ2) is 9.63. The highest BCUT2D eigenvalue weighted by molar-refractivity contribution is 5.91. The molecule has 3 aromatic rings. The lowest BCUT2D eigenvalue weighted by Crippen LogP contribution is -2.28. The fourth-order valence-corrected chi connectivity index (χ4v) is 3.09. The molecule has 0 fully saturated rings. The summed E-state index contributed by atoms with van der Waals surface area (Å²) in [5.74, 6) is 1.61. The molecule has 0 aliphatic heterocycles. The molecular weight excluding hydrogens is 378 g/mol. The van der Waals surface area contributed by atoms with Crippen LogP contribution in [-0.4, -0.2) is 17.6 Å². The number of benzene rings is 2. The Morgan fingerprint density at radius 2 is 1.73 bits per heavy atom. The number of aliphatic hydroxyl groups is 1. The quantitative estimate of drug-likeness (QED) is 0.547. The Morgan fingerprint density at radius 1 is 1.03 bits per heavy atom. The van der Waals surface area contributed by atoms with Crippen molar-refractivity contribution in [3.8, 4) is 5.75 Å². The topological polar surface area (TPSA) is 71.7 Å². The highest BCUT2D eigenvalue weighted by Gasteiger charge is 2.15. The lowest BCUT2D eigenvalue weighted by Gasteiger charge is -2.13. The van der Waals surface area contributed by atoms with E-state index in [2.05, 4.69) is 19.2 Å². The Hall–Kier alpha value is -3.05. The minimum atomic E-state index is -0.780. The lowest BCUT2D eigenvalue weighted by molar-refractivity contribution is 0.0885. The van der Waals surface area contributed by atoms with E-state index >= 15 is 0 Å². The molecule has 0 bridgehead atoms. The van der Waals surface area contributed by atoms with Gasteiger partial charge in [0.15, 0.2) is 5.76 Å². The Labute approximate surface area is 177 Å². The number of carbonyl (C=O) groups excluding carboxylic acids is 1. The summed E-state index contributed by atoms with van der Waals surface area (Å²) < 4.78 is 11.4. The molecule has 1 aromatic heterocycles. The van der Waals surface area contributed by atoms with Gasteiger partial charge in [-0.1, -0.05) is 50.2 Å². The van der Waals surface area contributed by atoms with E-state index in [1.54, 1.807) is 12.1 Å². The third-order valence-electron chi connectivity index (χ3n) is 5.04. The van der Waals surface area contributed by atoms with Crippen molar-refractivity contribution in [3.63, 3.8) is 0 Å². The number of ether oxygens (including phenoxy) is 1. The number of aryl methyl sites for hydroxylation is 2. The van der Waals surface area contributed by atoms with Crippen LogP contribution in [0.5, 0.6) is 5.75 Å². The van der Waals surface area contributed by atoms with E-state index < -0.39 is 6.10 Å². The van der Waals surface area contributed by atoms with Crippen LogP contribution in [0.4, 0.5) is 0 Å². The standard InChI is InChI=1S/C25H29NO4/c1-16(2)19-7-9-20(10-8-19)22(27)14-26-25(28)23-12-11-21(30-23)15-29-24-13-17(3)5-6-18(24)4/h5-13,16,22,27H,14-15H2,1-4H3,(H,26,28). The summed E-state index contributed by atoms with van der Waals surface area (Å²) in [5.41, 5.74) is 4.14. The smallest absolute Gasteiger partial charge is 0.287 e. The Balaban J connectivity index is 1.52. The number of hydrogen-bond donors (Lipinski definition) is 2. The van der Waals surface area contributed by atoms with Crippen molar-refractivity contribution in [1.82, 2.24) is 5.32 Å². The fraction of sp³-hybridized carbons (Fsp3) is 0.320. The van der Waals surface area contributed by atoms with E-state index in [0.29, 0.717) is 11.7 Å². The third kappa shape index (κ3) is 5.51. The predicted molar refractivity (Wildman–Crippen MR) is 117 cm³/mol. The molecule has 5 nitrogen and oxygen atoms in total. The lowest BCUT2D eigenvalue weighted by atomic mass is 10.00. The van der Waals surface area contributed by atoms with Gasteiger partial charge in [0, 0.05) is 6.54 Å². The van der Waals surface area contributed by atoms with Crippen molar-refractivity contribution in [2.75, 3.05) is 6.54 Å². The summed E-state index contributed by atoms with van der Waals surface area (Å²) in [6, 6.07) is 17.1. The van der Waals surface area contributed by atoms with Crippen molar-refractivity contribution in [1.29, 1.82) is 0 Å². The zero-order valence-electron chi connectivity index (χ0n) is 17.9. The molecule has 3 rings (SSSR count). The van der Waals surface area contributed by atoms with Crippen molar-refractivity contribution in [3.05, 3.63) is 88.4 Å². The Kier molecular flexibility index (Phi) is 6.95. The largest absolute Gasteiger partial charge is 0.485 e. The van der Waals surface area contributed by atoms with Crippen LogP contribution in [0.15, 0.2) is 59.0 Å². The third-order valence-corrected chi connectivity index (χ3v) is 5.04. The van der Waals surface area contributed by atoms with Gasteiger partial charge in [0.1, 0.15) is 18.1 Å². The first-order chi connectivity index (χ1) is 14.3. The van der Waals surface area contributed by atoms with Gasteiger partial charge in [-0.25, -0.2) is 0 Å². The molecule has 0 saturated carbocycles. The molecular formula is C25H29NO4. The summed E-state index contributed by atoms with van der Waals surface area (Å²) in [7, 11) is 0. The first-order valence-corrected chi connectivity index (χ1v) is 10.2. The Bertz CT molecular complexity index is 989. The van der Waals surface area contributed by atoms with Crippen molar-refractivity contribution >= 4 is 5.91 Å². The van der Waals surface area contributed by atoms with Gasteiger partial charge >= 0.3 is 0 Å². The molecule has 2 aromatic carbocycles. The van der Waals surface area contributed by atoms with E-state index in [1.165, 1.54) is 5.56 Å². The zero-order chi connectivity index (χ0) is 21.7. The molecule has 0 aliphatic carbocycles. The van der Waals surface area contributed by atoms with E-state index in [-0.39, 0.29) is 24.8 Å².